The second-order valence-electron chi connectivity index (χ2n) is 3.79. The maximum atomic E-state index is 5.88. The van der Waals surface area contributed by atoms with Crippen LogP contribution in [0.4, 0.5) is 0 Å². The Labute approximate surface area is 83.5 Å². The van der Waals surface area contributed by atoms with Gasteiger partial charge in [-0.1, -0.05) is 0 Å². The molecule has 1 fully saturated rings. The normalized spacial score (nSPS) is 26.4. The van der Waals surface area contributed by atoms with Crippen molar-refractivity contribution < 1.29 is 4.74 Å². The van der Waals surface area contributed by atoms with Gasteiger partial charge in [-0.25, -0.2) is 9.97 Å². The molecule has 1 aromatic heterocycles. The first-order valence-corrected chi connectivity index (χ1v) is 4.96. The lowest BCUT2D eigenvalue weighted by molar-refractivity contribution is 0.175. The number of hydrogen-bond acceptors (Lipinski definition) is 4. The van der Waals surface area contributed by atoms with E-state index in [-0.39, 0.29) is 12.1 Å². The molecule has 0 saturated heterocycles. The van der Waals surface area contributed by atoms with E-state index in [1.807, 2.05) is 6.92 Å². The summed E-state index contributed by atoms with van der Waals surface area (Å²) in [6.07, 6.45) is 6.79. The van der Waals surface area contributed by atoms with Crippen LogP contribution in [0.2, 0.25) is 0 Å². The van der Waals surface area contributed by atoms with Gasteiger partial charge in [-0.05, 0) is 31.7 Å². The standard InChI is InChI=1S/C10H15N3O/c1-7-5-12-10(13-6-7)14-9-4-2-3-8(9)11/h5-6,8-9H,2-4,11H2,1H3. The van der Waals surface area contributed by atoms with Gasteiger partial charge in [0.1, 0.15) is 6.10 Å². The number of nitrogens with zero attached hydrogens (tertiary/aromatic N) is 2. The molecule has 4 heteroatoms. The molecule has 14 heavy (non-hydrogen) atoms. The molecule has 0 radical (unpaired) electrons. The van der Waals surface area contributed by atoms with E-state index < -0.39 is 0 Å². The fourth-order valence-electron chi connectivity index (χ4n) is 1.68. The molecule has 1 heterocycles. The molecule has 2 rings (SSSR count). The number of hydrogen-bond donors (Lipinski definition) is 1. The average Bonchev–Trinajstić information content (AvgIpc) is 2.56. The summed E-state index contributed by atoms with van der Waals surface area (Å²) in [5.74, 6) is 0. The zero-order chi connectivity index (χ0) is 9.97. The van der Waals surface area contributed by atoms with Crippen LogP contribution in [0.1, 0.15) is 24.8 Å². The van der Waals surface area contributed by atoms with Gasteiger partial charge in [0.25, 0.3) is 0 Å². The van der Waals surface area contributed by atoms with Crippen LogP contribution in [-0.2, 0) is 0 Å². The molecule has 0 amide bonds. The highest BCUT2D eigenvalue weighted by atomic mass is 16.5. The minimum absolute atomic E-state index is 0.0951. The first-order valence-electron chi connectivity index (χ1n) is 4.96. The van der Waals surface area contributed by atoms with Crippen LogP contribution < -0.4 is 10.5 Å². The number of aryl methyl sites for hydroxylation is 1. The Hall–Kier alpha value is -1.16. The first kappa shape index (κ1) is 9.40. The van der Waals surface area contributed by atoms with Crippen LogP contribution >= 0.6 is 0 Å². The number of rotatable bonds is 2. The summed E-state index contributed by atoms with van der Waals surface area (Å²) in [5, 5.41) is 0. The molecule has 1 aromatic rings. The maximum absolute atomic E-state index is 5.88. The average molecular weight is 193 g/mol. The molecule has 1 aliphatic carbocycles. The summed E-state index contributed by atoms with van der Waals surface area (Å²) < 4.78 is 5.60. The van der Waals surface area contributed by atoms with Crippen molar-refractivity contribution in [1.29, 1.82) is 0 Å². The van der Waals surface area contributed by atoms with E-state index in [1.54, 1.807) is 12.4 Å². The molecule has 0 spiro atoms. The lowest BCUT2D eigenvalue weighted by Gasteiger charge is -2.15. The van der Waals surface area contributed by atoms with E-state index in [4.69, 9.17) is 10.5 Å². The van der Waals surface area contributed by atoms with E-state index in [0.717, 1.165) is 24.8 Å². The van der Waals surface area contributed by atoms with Crippen molar-refractivity contribution >= 4 is 0 Å². The molecular formula is C10H15N3O. The third-order valence-corrected chi connectivity index (χ3v) is 2.52. The molecule has 0 aromatic carbocycles. The zero-order valence-electron chi connectivity index (χ0n) is 8.31. The third kappa shape index (κ3) is 2.01. The lowest BCUT2D eigenvalue weighted by Crippen LogP contribution is -2.34. The summed E-state index contributed by atoms with van der Waals surface area (Å²) in [6.45, 7) is 1.95. The molecule has 0 aliphatic heterocycles. The minimum atomic E-state index is 0.0951. The highest BCUT2D eigenvalue weighted by Gasteiger charge is 2.26. The Bertz CT molecular complexity index is 299. The zero-order valence-corrected chi connectivity index (χ0v) is 8.31. The summed E-state index contributed by atoms with van der Waals surface area (Å²) in [7, 11) is 0. The molecule has 2 atom stereocenters. The van der Waals surface area contributed by atoms with Gasteiger partial charge < -0.3 is 10.5 Å². The van der Waals surface area contributed by atoms with E-state index in [1.165, 1.54) is 0 Å². The molecule has 2 N–H and O–H groups in total. The van der Waals surface area contributed by atoms with Crippen LogP contribution in [0.5, 0.6) is 6.01 Å². The molecule has 76 valence electrons. The Morgan fingerprint density at radius 2 is 2.07 bits per heavy atom. The van der Waals surface area contributed by atoms with E-state index >= 15 is 0 Å². The van der Waals surface area contributed by atoms with Gasteiger partial charge >= 0.3 is 6.01 Å². The molecular weight excluding hydrogens is 178 g/mol. The Balaban J connectivity index is 2.00. The quantitative estimate of drug-likeness (QED) is 0.762. The second-order valence-corrected chi connectivity index (χ2v) is 3.79. The lowest BCUT2D eigenvalue weighted by atomic mass is 10.2. The van der Waals surface area contributed by atoms with Crippen LogP contribution in [0.15, 0.2) is 12.4 Å². The van der Waals surface area contributed by atoms with Gasteiger partial charge in [0.15, 0.2) is 0 Å². The Kier molecular flexibility index (Phi) is 2.63. The molecule has 1 saturated carbocycles. The topological polar surface area (TPSA) is 61.0 Å². The van der Waals surface area contributed by atoms with Gasteiger partial charge in [0, 0.05) is 18.4 Å². The van der Waals surface area contributed by atoms with Gasteiger partial charge in [0.2, 0.25) is 0 Å². The highest BCUT2D eigenvalue weighted by Crippen LogP contribution is 2.21. The molecule has 1 aliphatic rings. The summed E-state index contributed by atoms with van der Waals surface area (Å²) in [6, 6.07) is 0.581. The van der Waals surface area contributed by atoms with E-state index in [0.29, 0.717) is 6.01 Å². The maximum Gasteiger partial charge on any atom is 0.316 e. The SMILES string of the molecule is Cc1cnc(OC2CCCC2N)nc1. The number of ether oxygens (including phenoxy) is 1. The van der Waals surface area contributed by atoms with E-state index in [2.05, 4.69) is 9.97 Å². The van der Waals surface area contributed by atoms with Crippen molar-refractivity contribution in [2.75, 3.05) is 0 Å². The highest BCUT2D eigenvalue weighted by molar-refractivity contribution is 5.05. The number of nitrogens with two attached hydrogens (primary N) is 1. The van der Waals surface area contributed by atoms with Gasteiger partial charge in [-0.15, -0.1) is 0 Å². The van der Waals surface area contributed by atoms with Crippen molar-refractivity contribution in [2.24, 2.45) is 5.73 Å². The smallest absolute Gasteiger partial charge is 0.316 e. The van der Waals surface area contributed by atoms with Crippen molar-refractivity contribution in [2.45, 2.75) is 38.3 Å². The van der Waals surface area contributed by atoms with Gasteiger partial charge in [-0.3, -0.25) is 0 Å². The van der Waals surface area contributed by atoms with E-state index in [9.17, 15) is 0 Å². The monoisotopic (exact) mass is 193 g/mol. The first-order chi connectivity index (χ1) is 6.75. The summed E-state index contributed by atoms with van der Waals surface area (Å²) in [4.78, 5) is 8.17. The van der Waals surface area contributed by atoms with Crippen LogP contribution in [0, 0.1) is 6.92 Å². The fourth-order valence-corrected chi connectivity index (χ4v) is 1.68. The Morgan fingerprint density at radius 3 is 2.64 bits per heavy atom. The predicted octanol–water partition coefficient (Wildman–Crippen LogP) is 1.04. The minimum Gasteiger partial charge on any atom is -0.458 e. The van der Waals surface area contributed by atoms with Crippen molar-refractivity contribution in [3.63, 3.8) is 0 Å². The fraction of sp³-hybridized carbons (Fsp3) is 0.600. The summed E-state index contributed by atoms with van der Waals surface area (Å²) >= 11 is 0. The van der Waals surface area contributed by atoms with Crippen molar-refractivity contribution in [1.82, 2.24) is 9.97 Å². The van der Waals surface area contributed by atoms with Gasteiger partial charge in [0.05, 0.1) is 0 Å². The third-order valence-electron chi connectivity index (χ3n) is 2.52. The van der Waals surface area contributed by atoms with Gasteiger partial charge in [-0.2, -0.15) is 0 Å². The molecule has 4 nitrogen and oxygen atoms in total. The van der Waals surface area contributed by atoms with Crippen molar-refractivity contribution in [3.05, 3.63) is 18.0 Å². The number of aromatic nitrogens is 2. The largest absolute Gasteiger partial charge is 0.458 e. The summed E-state index contributed by atoms with van der Waals surface area (Å²) in [5.41, 5.74) is 6.91. The van der Waals surface area contributed by atoms with Crippen molar-refractivity contribution in [3.8, 4) is 6.01 Å². The molecule has 0 bridgehead atoms. The van der Waals surface area contributed by atoms with Crippen LogP contribution in [-0.4, -0.2) is 22.1 Å². The van der Waals surface area contributed by atoms with Crippen LogP contribution in [0.3, 0.4) is 0 Å². The van der Waals surface area contributed by atoms with Crippen LogP contribution in [0.25, 0.3) is 0 Å². The second kappa shape index (κ2) is 3.92. The Morgan fingerprint density at radius 1 is 1.36 bits per heavy atom. The molecule has 2 unspecified atom stereocenters. The predicted molar refractivity (Wildman–Crippen MR) is 53.0 cm³/mol.